The minimum atomic E-state index is -0.315. The summed E-state index contributed by atoms with van der Waals surface area (Å²) in [7, 11) is 0. The van der Waals surface area contributed by atoms with Crippen LogP contribution in [0.2, 0.25) is 0 Å². The first-order valence-electron chi connectivity index (χ1n) is 7.00. The SMILES string of the molecule is CC.CC(=O)OCC(CO)Cc1cc2ccccc2[nH]1. The first kappa shape index (κ1) is 16.2. The van der Waals surface area contributed by atoms with Crippen LogP contribution in [0.1, 0.15) is 26.5 Å². The molecule has 1 aromatic carbocycles. The second kappa shape index (κ2) is 8.38. The van der Waals surface area contributed by atoms with Crippen LogP contribution in [0.25, 0.3) is 10.9 Å². The lowest BCUT2D eigenvalue weighted by molar-refractivity contribution is -0.142. The fourth-order valence-electron chi connectivity index (χ4n) is 1.97. The quantitative estimate of drug-likeness (QED) is 0.826. The lowest BCUT2D eigenvalue weighted by Crippen LogP contribution is -2.18. The lowest BCUT2D eigenvalue weighted by atomic mass is 10.1. The average molecular weight is 277 g/mol. The number of hydrogen-bond acceptors (Lipinski definition) is 3. The Labute approximate surface area is 119 Å². The van der Waals surface area contributed by atoms with Crippen molar-refractivity contribution in [1.82, 2.24) is 4.98 Å². The highest BCUT2D eigenvalue weighted by Crippen LogP contribution is 2.17. The first-order valence-corrected chi connectivity index (χ1v) is 7.00. The van der Waals surface area contributed by atoms with Crippen molar-refractivity contribution in [3.63, 3.8) is 0 Å². The van der Waals surface area contributed by atoms with E-state index in [4.69, 9.17) is 4.74 Å². The number of aliphatic hydroxyl groups is 1. The van der Waals surface area contributed by atoms with E-state index in [-0.39, 0.29) is 25.1 Å². The Morgan fingerprint density at radius 1 is 1.35 bits per heavy atom. The van der Waals surface area contributed by atoms with Crippen LogP contribution in [0.5, 0.6) is 0 Å². The van der Waals surface area contributed by atoms with E-state index in [1.54, 1.807) is 0 Å². The van der Waals surface area contributed by atoms with Gasteiger partial charge in [-0.2, -0.15) is 0 Å². The van der Waals surface area contributed by atoms with E-state index in [1.165, 1.54) is 6.92 Å². The number of hydrogen-bond donors (Lipinski definition) is 2. The van der Waals surface area contributed by atoms with E-state index >= 15 is 0 Å². The third-order valence-electron chi connectivity index (χ3n) is 2.87. The molecule has 0 spiro atoms. The van der Waals surface area contributed by atoms with Crippen molar-refractivity contribution in [3.05, 3.63) is 36.0 Å². The maximum atomic E-state index is 10.7. The van der Waals surface area contributed by atoms with Gasteiger partial charge in [-0.3, -0.25) is 4.79 Å². The molecular weight excluding hydrogens is 254 g/mol. The minimum Gasteiger partial charge on any atom is -0.465 e. The summed E-state index contributed by atoms with van der Waals surface area (Å²) >= 11 is 0. The van der Waals surface area contributed by atoms with Crippen LogP contribution in [0, 0.1) is 5.92 Å². The molecule has 1 aromatic heterocycles. The van der Waals surface area contributed by atoms with Gasteiger partial charge in [0.1, 0.15) is 0 Å². The van der Waals surface area contributed by atoms with E-state index < -0.39 is 0 Å². The molecular formula is C16H23NO3. The van der Waals surface area contributed by atoms with Crippen molar-refractivity contribution < 1.29 is 14.6 Å². The summed E-state index contributed by atoms with van der Waals surface area (Å²) in [4.78, 5) is 14.0. The van der Waals surface area contributed by atoms with Gasteiger partial charge < -0.3 is 14.8 Å². The Hall–Kier alpha value is -1.81. The Kier molecular flexibility index (Phi) is 6.81. The summed E-state index contributed by atoms with van der Waals surface area (Å²) in [6, 6.07) is 10.1. The number of ether oxygens (including phenoxy) is 1. The molecule has 20 heavy (non-hydrogen) atoms. The molecule has 0 aliphatic rings. The number of benzene rings is 1. The molecule has 0 fully saturated rings. The molecule has 2 rings (SSSR count). The summed E-state index contributed by atoms with van der Waals surface area (Å²) < 4.78 is 4.93. The number of para-hydroxylation sites is 1. The average Bonchev–Trinajstić information content (AvgIpc) is 2.87. The van der Waals surface area contributed by atoms with Gasteiger partial charge in [-0.05, 0) is 23.9 Å². The summed E-state index contributed by atoms with van der Waals surface area (Å²) in [5.41, 5.74) is 2.12. The number of esters is 1. The number of carbonyl (C=O) groups excluding carboxylic acids is 1. The van der Waals surface area contributed by atoms with E-state index in [9.17, 15) is 9.90 Å². The van der Waals surface area contributed by atoms with Gasteiger partial charge in [-0.15, -0.1) is 0 Å². The molecule has 1 atom stereocenters. The lowest BCUT2D eigenvalue weighted by Gasteiger charge is -2.12. The molecule has 4 heteroatoms. The number of carbonyl (C=O) groups is 1. The summed E-state index contributed by atoms with van der Waals surface area (Å²) in [5.74, 6) is -0.382. The molecule has 0 amide bonds. The van der Waals surface area contributed by atoms with Gasteiger partial charge in [0.25, 0.3) is 0 Å². The third kappa shape index (κ3) is 4.70. The second-order valence-corrected chi connectivity index (χ2v) is 4.44. The van der Waals surface area contributed by atoms with Crippen LogP contribution in [-0.2, 0) is 16.0 Å². The fourth-order valence-corrected chi connectivity index (χ4v) is 1.97. The van der Waals surface area contributed by atoms with E-state index in [2.05, 4.69) is 11.1 Å². The molecule has 1 unspecified atom stereocenters. The van der Waals surface area contributed by atoms with Crippen molar-refractivity contribution in [1.29, 1.82) is 0 Å². The molecule has 1 heterocycles. The second-order valence-electron chi connectivity index (χ2n) is 4.44. The van der Waals surface area contributed by atoms with E-state index in [0.29, 0.717) is 6.42 Å². The monoisotopic (exact) mass is 277 g/mol. The highest BCUT2D eigenvalue weighted by Gasteiger charge is 2.12. The summed E-state index contributed by atoms with van der Waals surface area (Å²) in [6.07, 6.45) is 0.665. The van der Waals surface area contributed by atoms with Gasteiger partial charge >= 0.3 is 5.97 Å². The van der Waals surface area contributed by atoms with Crippen LogP contribution in [-0.4, -0.2) is 29.3 Å². The largest absolute Gasteiger partial charge is 0.465 e. The Morgan fingerprint density at radius 3 is 2.65 bits per heavy atom. The van der Waals surface area contributed by atoms with Crippen LogP contribution >= 0.6 is 0 Å². The molecule has 0 radical (unpaired) electrons. The number of aromatic amines is 1. The molecule has 2 N–H and O–H groups in total. The molecule has 110 valence electrons. The van der Waals surface area contributed by atoms with Gasteiger partial charge in [0.05, 0.1) is 6.61 Å². The molecule has 0 saturated heterocycles. The Balaban J connectivity index is 0.000000956. The van der Waals surface area contributed by atoms with Crippen molar-refractivity contribution in [2.75, 3.05) is 13.2 Å². The molecule has 0 bridgehead atoms. The van der Waals surface area contributed by atoms with Gasteiger partial charge in [-0.25, -0.2) is 0 Å². The molecule has 4 nitrogen and oxygen atoms in total. The van der Waals surface area contributed by atoms with Gasteiger partial charge in [-0.1, -0.05) is 32.0 Å². The first-order chi connectivity index (χ1) is 9.69. The maximum Gasteiger partial charge on any atom is 0.302 e. The van der Waals surface area contributed by atoms with Crippen LogP contribution in [0.3, 0.4) is 0 Å². The summed E-state index contributed by atoms with van der Waals surface area (Å²) in [6.45, 7) is 5.63. The summed E-state index contributed by atoms with van der Waals surface area (Å²) in [5, 5.41) is 10.4. The topological polar surface area (TPSA) is 62.3 Å². The van der Waals surface area contributed by atoms with Crippen molar-refractivity contribution in [2.45, 2.75) is 27.2 Å². The van der Waals surface area contributed by atoms with Gasteiger partial charge in [0, 0.05) is 30.7 Å². The Bertz CT molecular complexity index is 500. The van der Waals surface area contributed by atoms with Gasteiger partial charge in [0.2, 0.25) is 0 Å². The number of aromatic nitrogens is 1. The number of aliphatic hydroxyl groups excluding tert-OH is 1. The molecule has 0 aliphatic heterocycles. The predicted molar refractivity (Wildman–Crippen MR) is 80.6 cm³/mol. The number of rotatable bonds is 5. The van der Waals surface area contributed by atoms with Crippen LogP contribution in [0.4, 0.5) is 0 Å². The zero-order chi connectivity index (χ0) is 15.0. The fraction of sp³-hybridized carbons (Fsp3) is 0.438. The number of nitrogens with one attached hydrogen (secondary N) is 1. The number of fused-ring (bicyclic) bond motifs is 1. The van der Waals surface area contributed by atoms with Gasteiger partial charge in [0.15, 0.2) is 0 Å². The van der Waals surface area contributed by atoms with Crippen LogP contribution in [0.15, 0.2) is 30.3 Å². The van der Waals surface area contributed by atoms with E-state index in [1.807, 2.05) is 38.1 Å². The van der Waals surface area contributed by atoms with Crippen molar-refractivity contribution >= 4 is 16.9 Å². The zero-order valence-electron chi connectivity index (χ0n) is 12.3. The van der Waals surface area contributed by atoms with E-state index in [0.717, 1.165) is 16.6 Å². The third-order valence-corrected chi connectivity index (χ3v) is 2.87. The highest BCUT2D eigenvalue weighted by atomic mass is 16.5. The normalized spacial score (nSPS) is 11.6. The Morgan fingerprint density at radius 2 is 2.05 bits per heavy atom. The van der Waals surface area contributed by atoms with Crippen LogP contribution < -0.4 is 0 Å². The van der Waals surface area contributed by atoms with Crippen molar-refractivity contribution in [2.24, 2.45) is 5.92 Å². The zero-order valence-corrected chi connectivity index (χ0v) is 12.3. The van der Waals surface area contributed by atoms with Crippen molar-refractivity contribution in [3.8, 4) is 0 Å². The molecule has 2 aromatic rings. The standard InChI is InChI=1S/C14H17NO3.C2H6/c1-10(17)18-9-11(8-16)6-13-7-12-4-2-3-5-14(12)15-13;1-2/h2-5,7,11,15-16H,6,8-9H2,1H3;1-2H3. The maximum absolute atomic E-state index is 10.7. The minimum absolute atomic E-state index is 0.00262. The molecule has 0 aliphatic carbocycles. The molecule has 0 saturated carbocycles. The number of H-pyrrole nitrogens is 1. The highest BCUT2D eigenvalue weighted by molar-refractivity contribution is 5.80. The smallest absolute Gasteiger partial charge is 0.302 e. The predicted octanol–water partition coefficient (Wildman–Crippen LogP) is 2.91.